The van der Waals surface area contributed by atoms with E-state index in [2.05, 4.69) is 56.7 Å². The van der Waals surface area contributed by atoms with Crippen molar-refractivity contribution in [2.24, 2.45) is 0 Å². The molecule has 92 valence electrons. The van der Waals surface area contributed by atoms with Crippen LogP contribution in [0.1, 0.15) is 53.1 Å². The number of rotatable bonds is 0. The van der Waals surface area contributed by atoms with Gasteiger partial charge in [-0.2, -0.15) is 5.10 Å². The smallest absolute Gasteiger partial charge is 0.134 e. The number of nitrogens with zero attached hydrogens (tertiary/aromatic N) is 3. The molecule has 17 heavy (non-hydrogen) atoms. The zero-order chi connectivity index (χ0) is 12.8. The van der Waals surface area contributed by atoms with E-state index < -0.39 is 0 Å². The lowest BCUT2D eigenvalue weighted by Gasteiger charge is -2.23. The van der Waals surface area contributed by atoms with E-state index in [0.717, 1.165) is 22.6 Å². The number of hydrogen-bond donors (Lipinski definition) is 1. The molecular weight excluding hydrogens is 212 g/mol. The van der Waals surface area contributed by atoms with Crippen LogP contribution < -0.4 is 0 Å². The van der Waals surface area contributed by atoms with Crippen LogP contribution in [-0.4, -0.2) is 20.2 Å². The first-order valence-electron chi connectivity index (χ1n) is 5.91. The Kier molecular flexibility index (Phi) is 2.49. The fraction of sp³-hybridized carbons (Fsp3) is 0.615. The van der Waals surface area contributed by atoms with Crippen LogP contribution in [-0.2, 0) is 10.8 Å². The highest BCUT2D eigenvalue weighted by Crippen LogP contribution is 2.29. The van der Waals surface area contributed by atoms with Gasteiger partial charge in [0.2, 0.25) is 0 Å². The Bertz CT molecular complexity index is 541. The lowest BCUT2D eigenvalue weighted by atomic mass is 9.89. The Hall–Kier alpha value is -1.45. The molecule has 2 heterocycles. The van der Waals surface area contributed by atoms with Gasteiger partial charge in [-0.15, -0.1) is 0 Å². The first-order chi connectivity index (χ1) is 7.69. The standard InChI is InChI=1S/C13H20N4/c1-12(2,3)10-9-8(7-14-17-9)15-11(16-10)13(4,5)6/h7H,1-6H3,(H,14,17). The number of aromatic nitrogens is 4. The molecule has 0 amide bonds. The third-order valence-electron chi connectivity index (χ3n) is 2.68. The molecule has 0 radical (unpaired) electrons. The van der Waals surface area contributed by atoms with Gasteiger partial charge in [0.25, 0.3) is 0 Å². The van der Waals surface area contributed by atoms with Gasteiger partial charge in [-0.05, 0) is 0 Å². The summed E-state index contributed by atoms with van der Waals surface area (Å²) >= 11 is 0. The maximum atomic E-state index is 4.73. The van der Waals surface area contributed by atoms with Crippen LogP contribution in [0.15, 0.2) is 6.20 Å². The van der Waals surface area contributed by atoms with Gasteiger partial charge in [-0.25, -0.2) is 9.97 Å². The molecule has 0 fully saturated rings. The summed E-state index contributed by atoms with van der Waals surface area (Å²) in [5.74, 6) is 0.872. The van der Waals surface area contributed by atoms with E-state index in [0.29, 0.717) is 0 Å². The summed E-state index contributed by atoms with van der Waals surface area (Å²) in [6.45, 7) is 12.8. The lowest BCUT2D eigenvalue weighted by Crippen LogP contribution is -2.22. The van der Waals surface area contributed by atoms with Crippen molar-refractivity contribution in [1.29, 1.82) is 0 Å². The molecule has 0 atom stereocenters. The second kappa shape index (κ2) is 3.52. The third-order valence-corrected chi connectivity index (χ3v) is 2.68. The predicted octanol–water partition coefficient (Wildman–Crippen LogP) is 2.95. The minimum atomic E-state index is -0.0501. The summed E-state index contributed by atoms with van der Waals surface area (Å²) in [6, 6.07) is 0. The van der Waals surface area contributed by atoms with Crippen LogP contribution >= 0.6 is 0 Å². The van der Waals surface area contributed by atoms with Gasteiger partial charge >= 0.3 is 0 Å². The maximum absolute atomic E-state index is 4.73. The average Bonchev–Trinajstić information content (AvgIpc) is 2.59. The quantitative estimate of drug-likeness (QED) is 0.759. The van der Waals surface area contributed by atoms with Crippen LogP contribution in [0.25, 0.3) is 11.0 Å². The molecular formula is C13H20N4. The third kappa shape index (κ3) is 2.16. The van der Waals surface area contributed by atoms with Crippen molar-refractivity contribution in [3.63, 3.8) is 0 Å². The number of aromatic amines is 1. The van der Waals surface area contributed by atoms with E-state index in [9.17, 15) is 0 Å². The van der Waals surface area contributed by atoms with E-state index in [4.69, 9.17) is 4.98 Å². The first kappa shape index (κ1) is 12.0. The SMILES string of the molecule is CC(C)(C)c1nc(C(C)(C)C)c2[nH]ncc2n1. The molecule has 2 aromatic heterocycles. The highest BCUT2D eigenvalue weighted by Gasteiger charge is 2.25. The van der Waals surface area contributed by atoms with Gasteiger partial charge in [0.05, 0.1) is 11.9 Å². The van der Waals surface area contributed by atoms with Crippen LogP contribution in [0.5, 0.6) is 0 Å². The van der Waals surface area contributed by atoms with E-state index in [1.807, 2.05) is 0 Å². The zero-order valence-electron chi connectivity index (χ0n) is 11.4. The molecule has 0 aliphatic heterocycles. The summed E-state index contributed by atoms with van der Waals surface area (Å²) in [5.41, 5.74) is 2.81. The second-order valence-electron chi connectivity index (χ2n) is 6.53. The van der Waals surface area contributed by atoms with Crippen molar-refractivity contribution in [1.82, 2.24) is 20.2 Å². The van der Waals surface area contributed by atoms with Gasteiger partial charge in [0, 0.05) is 10.8 Å². The van der Waals surface area contributed by atoms with Crippen LogP contribution in [0.4, 0.5) is 0 Å². The van der Waals surface area contributed by atoms with E-state index >= 15 is 0 Å². The average molecular weight is 232 g/mol. The van der Waals surface area contributed by atoms with E-state index in [-0.39, 0.29) is 10.8 Å². The molecule has 0 saturated carbocycles. The van der Waals surface area contributed by atoms with Gasteiger partial charge in [-0.1, -0.05) is 41.5 Å². The Morgan fingerprint density at radius 3 is 2.12 bits per heavy atom. The van der Waals surface area contributed by atoms with Crippen molar-refractivity contribution in [2.45, 2.75) is 52.4 Å². The summed E-state index contributed by atoms with van der Waals surface area (Å²) in [5, 5.41) is 7.07. The fourth-order valence-electron chi connectivity index (χ4n) is 1.72. The van der Waals surface area contributed by atoms with Crippen molar-refractivity contribution in [3.05, 3.63) is 17.7 Å². The molecule has 0 unspecified atom stereocenters. The van der Waals surface area contributed by atoms with Crippen molar-refractivity contribution in [2.75, 3.05) is 0 Å². The highest BCUT2D eigenvalue weighted by atomic mass is 15.1. The second-order valence-corrected chi connectivity index (χ2v) is 6.53. The molecule has 0 aromatic carbocycles. The number of H-pyrrole nitrogens is 1. The minimum Gasteiger partial charge on any atom is -0.274 e. The molecule has 2 rings (SSSR count). The molecule has 0 saturated heterocycles. The summed E-state index contributed by atoms with van der Waals surface area (Å²) in [7, 11) is 0. The molecule has 0 aliphatic carbocycles. The predicted molar refractivity (Wildman–Crippen MR) is 69.1 cm³/mol. The molecule has 0 bridgehead atoms. The molecule has 4 heteroatoms. The molecule has 1 N–H and O–H groups in total. The van der Waals surface area contributed by atoms with Crippen LogP contribution in [0, 0.1) is 0 Å². The molecule has 4 nitrogen and oxygen atoms in total. The first-order valence-corrected chi connectivity index (χ1v) is 5.91. The Morgan fingerprint density at radius 1 is 0.941 bits per heavy atom. The van der Waals surface area contributed by atoms with Gasteiger partial charge < -0.3 is 0 Å². The summed E-state index contributed by atoms with van der Waals surface area (Å²) in [6.07, 6.45) is 1.77. The zero-order valence-corrected chi connectivity index (χ0v) is 11.4. The van der Waals surface area contributed by atoms with Gasteiger partial charge in [0.15, 0.2) is 0 Å². The Morgan fingerprint density at radius 2 is 1.59 bits per heavy atom. The summed E-state index contributed by atoms with van der Waals surface area (Å²) in [4.78, 5) is 9.31. The fourth-order valence-corrected chi connectivity index (χ4v) is 1.72. The normalized spacial score (nSPS) is 13.3. The van der Waals surface area contributed by atoms with Crippen molar-refractivity contribution >= 4 is 11.0 Å². The monoisotopic (exact) mass is 232 g/mol. The molecule has 2 aromatic rings. The summed E-state index contributed by atoms with van der Waals surface area (Å²) < 4.78 is 0. The number of nitrogens with one attached hydrogen (secondary N) is 1. The van der Waals surface area contributed by atoms with E-state index in [1.54, 1.807) is 6.20 Å². The number of fused-ring (bicyclic) bond motifs is 1. The Labute approximate surface area is 102 Å². The minimum absolute atomic E-state index is 0.0201. The number of hydrogen-bond acceptors (Lipinski definition) is 3. The molecule has 0 spiro atoms. The largest absolute Gasteiger partial charge is 0.274 e. The maximum Gasteiger partial charge on any atom is 0.134 e. The van der Waals surface area contributed by atoms with Gasteiger partial charge in [-0.3, -0.25) is 5.10 Å². The van der Waals surface area contributed by atoms with E-state index in [1.165, 1.54) is 0 Å². The van der Waals surface area contributed by atoms with Gasteiger partial charge in [0.1, 0.15) is 16.9 Å². The van der Waals surface area contributed by atoms with Crippen LogP contribution in [0.2, 0.25) is 0 Å². The van der Waals surface area contributed by atoms with Crippen molar-refractivity contribution < 1.29 is 0 Å². The van der Waals surface area contributed by atoms with Crippen molar-refractivity contribution in [3.8, 4) is 0 Å². The Balaban J connectivity index is 2.76. The highest BCUT2D eigenvalue weighted by molar-refractivity contribution is 5.76. The lowest BCUT2D eigenvalue weighted by molar-refractivity contribution is 0.519. The topological polar surface area (TPSA) is 54.5 Å². The van der Waals surface area contributed by atoms with Crippen LogP contribution in [0.3, 0.4) is 0 Å². The molecule has 0 aliphatic rings.